The Balaban J connectivity index is 2.63. The summed E-state index contributed by atoms with van der Waals surface area (Å²) in [4.78, 5) is 14.0. The van der Waals surface area contributed by atoms with Gasteiger partial charge in [-0.25, -0.2) is 0 Å². The molecule has 0 spiro atoms. The third-order valence-corrected chi connectivity index (χ3v) is 3.54. The molecular weight excluding hydrogens is 320 g/mol. The molecule has 0 fully saturated rings. The monoisotopic (exact) mass is 342 g/mol. The lowest BCUT2D eigenvalue weighted by Crippen LogP contribution is -2.44. The van der Waals surface area contributed by atoms with Gasteiger partial charge in [0.1, 0.15) is 5.75 Å². The number of ether oxygens (including phenoxy) is 1. The molecule has 0 heterocycles. The predicted molar refractivity (Wildman–Crippen MR) is 84.7 cm³/mol. The van der Waals surface area contributed by atoms with Gasteiger partial charge in [-0.2, -0.15) is 0 Å². The fourth-order valence-electron chi connectivity index (χ4n) is 1.89. The number of nitrogens with two attached hydrogens (primary N) is 1. The van der Waals surface area contributed by atoms with E-state index < -0.39 is 6.10 Å². The maximum Gasteiger partial charge on any atom is 0.263 e. The van der Waals surface area contributed by atoms with Crippen LogP contribution in [0.25, 0.3) is 0 Å². The molecule has 0 saturated carbocycles. The highest BCUT2D eigenvalue weighted by Gasteiger charge is 2.25. The molecule has 0 aliphatic carbocycles. The van der Waals surface area contributed by atoms with Gasteiger partial charge in [-0.1, -0.05) is 35.8 Å². The summed E-state index contributed by atoms with van der Waals surface area (Å²) in [6, 6.07) is 7.46. The molecule has 4 nitrogen and oxygen atoms in total. The number of likely N-dealkylation sites (N-methyl/N-ethyl adjacent to an activating group) is 1. The van der Waals surface area contributed by atoms with Crippen LogP contribution < -0.4 is 10.5 Å². The van der Waals surface area contributed by atoms with Crippen LogP contribution in [-0.2, 0) is 4.79 Å². The van der Waals surface area contributed by atoms with E-state index in [9.17, 15) is 4.79 Å². The molecule has 112 valence electrons. The fourth-order valence-corrected chi connectivity index (χ4v) is 2.27. The number of benzene rings is 1. The predicted octanol–water partition coefficient (Wildman–Crippen LogP) is 2.66. The van der Waals surface area contributed by atoms with Crippen LogP contribution in [0.1, 0.15) is 20.8 Å². The molecule has 1 unspecified atom stereocenters. The van der Waals surface area contributed by atoms with Crippen molar-refractivity contribution in [1.82, 2.24) is 4.90 Å². The van der Waals surface area contributed by atoms with Crippen molar-refractivity contribution in [3.8, 4) is 5.75 Å². The van der Waals surface area contributed by atoms with Crippen LogP contribution in [-0.4, -0.2) is 37.0 Å². The minimum atomic E-state index is -0.525. The number of carbonyl (C=O) groups excluding carboxylic acids is 1. The van der Waals surface area contributed by atoms with Crippen LogP contribution in [0.2, 0.25) is 0 Å². The highest BCUT2D eigenvalue weighted by atomic mass is 79.9. The van der Waals surface area contributed by atoms with E-state index in [1.807, 2.05) is 38.1 Å². The number of amides is 1. The van der Waals surface area contributed by atoms with E-state index >= 15 is 0 Å². The highest BCUT2D eigenvalue weighted by Crippen LogP contribution is 2.20. The van der Waals surface area contributed by atoms with E-state index in [4.69, 9.17) is 10.5 Å². The molecule has 0 aliphatic rings. The zero-order chi connectivity index (χ0) is 15.3. The van der Waals surface area contributed by atoms with E-state index in [2.05, 4.69) is 15.9 Å². The molecule has 0 aliphatic heterocycles. The molecule has 0 aromatic heterocycles. The van der Waals surface area contributed by atoms with Crippen molar-refractivity contribution in [3.63, 3.8) is 0 Å². The summed E-state index contributed by atoms with van der Waals surface area (Å²) in [7, 11) is 1.78. The number of halogens is 1. The normalized spacial score (nSPS) is 12.9. The Morgan fingerprint density at radius 3 is 2.70 bits per heavy atom. The molecule has 0 bridgehead atoms. The Bertz CT molecular complexity index is 463. The molecule has 2 N–H and O–H groups in total. The van der Waals surface area contributed by atoms with Gasteiger partial charge in [-0.3, -0.25) is 4.79 Å². The van der Waals surface area contributed by atoms with E-state index in [0.29, 0.717) is 18.8 Å². The molecule has 1 aromatic rings. The van der Waals surface area contributed by atoms with Crippen LogP contribution in [0.4, 0.5) is 0 Å². The maximum atomic E-state index is 12.3. The number of nitrogens with zero attached hydrogens (tertiary/aromatic N) is 1. The van der Waals surface area contributed by atoms with Gasteiger partial charge in [-0.05, 0) is 37.1 Å². The molecule has 0 saturated heterocycles. The van der Waals surface area contributed by atoms with E-state index in [0.717, 1.165) is 4.47 Å². The minimum Gasteiger partial charge on any atom is -0.481 e. The zero-order valence-electron chi connectivity index (χ0n) is 12.5. The molecule has 1 atom stereocenters. The van der Waals surface area contributed by atoms with Crippen molar-refractivity contribution in [2.45, 2.75) is 26.9 Å². The number of carbonyl (C=O) groups is 1. The highest BCUT2D eigenvalue weighted by molar-refractivity contribution is 9.10. The Morgan fingerprint density at radius 2 is 2.15 bits per heavy atom. The van der Waals surface area contributed by atoms with Crippen LogP contribution in [0, 0.1) is 5.41 Å². The van der Waals surface area contributed by atoms with Gasteiger partial charge >= 0.3 is 0 Å². The number of hydrogen-bond acceptors (Lipinski definition) is 3. The molecule has 1 aromatic carbocycles. The lowest BCUT2D eigenvalue weighted by molar-refractivity contribution is -0.137. The largest absolute Gasteiger partial charge is 0.481 e. The smallest absolute Gasteiger partial charge is 0.263 e. The summed E-state index contributed by atoms with van der Waals surface area (Å²) in [5.41, 5.74) is 5.60. The van der Waals surface area contributed by atoms with Gasteiger partial charge in [0.15, 0.2) is 6.10 Å². The summed E-state index contributed by atoms with van der Waals surface area (Å²) >= 11 is 3.38. The Hall–Kier alpha value is -1.07. The first-order valence-electron chi connectivity index (χ1n) is 6.62. The first-order valence-corrected chi connectivity index (χ1v) is 7.42. The third-order valence-electron chi connectivity index (χ3n) is 3.05. The summed E-state index contributed by atoms with van der Waals surface area (Å²) in [6.45, 7) is 6.97. The first kappa shape index (κ1) is 17.0. The second kappa shape index (κ2) is 7.09. The maximum absolute atomic E-state index is 12.3. The van der Waals surface area contributed by atoms with Crippen LogP contribution in [0.3, 0.4) is 0 Å². The van der Waals surface area contributed by atoms with Crippen molar-refractivity contribution in [3.05, 3.63) is 28.7 Å². The van der Waals surface area contributed by atoms with Crippen molar-refractivity contribution in [2.24, 2.45) is 11.1 Å². The summed E-state index contributed by atoms with van der Waals surface area (Å²) in [6.07, 6.45) is -0.525. The number of hydrogen-bond donors (Lipinski definition) is 1. The van der Waals surface area contributed by atoms with E-state index in [-0.39, 0.29) is 11.3 Å². The average molecular weight is 343 g/mol. The lowest BCUT2D eigenvalue weighted by Gasteiger charge is -2.30. The second-order valence-corrected chi connectivity index (χ2v) is 6.70. The van der Waals surface area contributed by atoms with Crippen molar-refractivity contribution in [2.75, 3.05) is 20.1 Å². The standard InChI is InChI=1S/C15H23BrN2O2/c1-11(20-13-7-5-6-12(16)8-13)14(19)18(4)10-15(2,3)9-17/h5-8,11H,9-10,17H2,1-4H3. The van der Waals surface area contributed by atoms with E-state index in [1.165, 1.54) is 0 Å². The van der Waals surface area contributed by atoms with Gasteiger partial charge in [0, 0.05) is 18.1 Å². The Labute approximate surface area is 129 Å². The van der Waals surface area contributed by atoms with E-state index in [1.54, 1.807) is 18.9 Å². The van der Waals surface area contributed by atoms with Gasteiger partial charge < -0.3 is 15.4 Å². The fraction of sp³-hybridized carbons (Fsp3) is 0.533. The van der Waals surface area contributed by atoms with Crippen molar-refractivity contribution >= 4 is 21.8 Å². The molecule has 1 rings (SSSR count). The average Bonchev–Trinajstić information content (AvgIpc) is 2.37. The minimum absolute atomic E-state index is 0.0495. The summed E-state index contributed by atoms with van der Waals surface area (Å²) in [5, 5.41) is 0. The molecule has 20 heavy (non-hydrogen) atoms. The van der Waals surface area contributed by atoms with Crippen LogP contribution in [0.5, 0.6) is 5.75 Å². The Kier molecular flexibility index (Phi) is 6.02. The molecular formula is C15H23BrN2O2. The molecule has 0 radical (unpaired) electrons. The molecule has 1 amide bonds. The van der Waals surface area contributed by atoms with Gasteiger partial charge in [-0.15, -0.1) is 0 Å². The quantitative estimate of drug-likeness (QED) is 0.864. The van der Waals surface area contributed by atoms with Gasteiger partial charge in [0.05, 0.1) is 0 Å². The second-order valence-electron chi connectivity index (χ2n) is 5.78. The van der Waals surface area contributed by atoms with Crippen LogP contribution in [0.15, 0.2) is 28.7 Å². The van der Waals surface area contributed by atoms with Gasteiger partial charge in [0.2, 0.25) is 0 Å². The van der Waals surface area contributed by atoms with Crippen LogP contribution >= 0.6 is 15.9 Å². The van der Waals surface area contributed by atoms with Crippen molar-refractivity contribution < 1.29 is 9.53 Å². The summed E-state index contributed by atoms with van der Waals surface area (Å²) < 4.78 is 6.60. The number of rotatable bonds is 6. The first-order chi connectivity index (χ1) is 9.25. The topological polar surface area (TPSA) is 55.6 Å². The molecule has 5 heteroatoms. The Morgan fingerprint density at radius 1 is 1.50 bits per heavy atom. The van der Waals surface area contributed by atoms with Gasteiger partial charge in [0.25, 0.3) is 5.91 Å². The SMILES string of the molecule is CC(Oc1cccc(Br)c1)C(=O)N(C)CC(C)(C)CN. The zero-order valence-corrected chi connectivity index (χ0v) is 14.1. The third kappa shape index (κ3) is 5.13. The van der Waals surface area contributed by atoms with Crippen molar-refractivity contribution in [1.29, 1.82) is 0 Å². The lowest BCUT2D eigenvalue weighted by atomic mass is 9.93. The summed E-state index contributed by atoms with van der Waals surface area (Å²) in [5.74, 6) is 0.623.